The van der Waals surface area contributed by atoms with Gasteiger partial charge in [-0.1, -0.05) is 50.5 Å². The van der Waals surface area contributed by atoms with E-state index < -0.39 is 30.4 Å². The molecule has 1 rings (SSSR count). The van der Waals surface area contributed by atoms with Crippen LogP contribution in [0.3, 0.4) is 0 Å². The van der Waals surface area contributed by atoms with Crippen molar-refractivity contribution in [1.29, 1.82) is 0 Å². The van der Waals surface area contributed by atoms with Crippen molar-refractivity contribution in [1.82, 2.24) is 0 Å². The Morgan fingerprint density at radius 1 is 1.19 bits per heavy atom. The maximum Gasteiger partial charge on any atom is 0.303 e. The lowest BCUT2D eigenvalue weighted by molar-refractivity contribution is -0.137. The van der Waals surface area contributed by atoms with E-state index >= 15 is 0 Å². The molecule has 1 fully saturated rings. The molecule has 0 bridgehead atoms. The molecule has 0 aliphatic carbocycles. The van der Waals surface area contributed by atoms with Crippen LogP contribution in [0.2, 0.25) is 0 Å². The van der Waals surface area contributed by atoms with Crippen molar-refractivity contribution in [3.05, 3.63) is 24.3 Å². The summed E-state index contributed by atoms with van der Waals surface area (Å²) in [5.41, 5.74) is 0. The van der Waals surface area contributed by atoms with Crippen LogP contribution in [0.25, 0.3) is 0 Å². The van der Waals surface area contributed by atoms with Gasteiger partial charge in [-0.05, 0) is 25.7 Å². The van der Waals surface area contributed by atoms with Gasteiger partial charge >= 0.3 is 5.97 Å². The van der Waals surface area contributed by atoms with Crippen LogP contribution in [0.1, 0.15) is 64.7 Å². The molecule has 0 aromatic heterocycles. The fraction of sp³-hybridized carbons (Fsp3) is 0.750. The first-order valence-electron chi connectivity index (χ1n) is 9.68. The normalized spacial score (nSPS) is 25.9. The fourth-order valence-electron chi connectivity index (χ4n) is 3.01. The Bertz CT molecular complexity index is 448. The molecular formula is C20H34O6. The van der Waals surface area contributed by atoms with E-state index in [0.717, 1.165) is 25.7 Å². The number of aliphatic hydroxyl groups excluding tert-OH is 3. The van der Waals surface area contributed by atoms with E-state index in [-0.39, 0.29) is 12.5 Å². The predicted molar refractivity (Wildman–Crippen MR) is 99.8 cm³/mol. The van der Waals surface area contributed by atoms with Crippen LogP contribution in [0, 0.1) is 0 Å². The molecule has 0 saturated carbocycles. The third-order valence-corrected chi connectivity index (χ3v) is 4.56. The summed E-state index contributed by atoms with van der Waals surface area (Å²) in [7, 11) is 0. The second-order valence-electron chi connectivity index (χ2n) is 6.95. The molecule has 150 valence electrons. The number of carboxylic acids is 1. The zero-order chi connectivity index (χ0) is 19.4. The SMILES string of the molecule is CCCCC[C@H]1O[C@@H]([C@H](O)/C=C\[C@@H](O)C/C=C\CCCC(=O)O)C[C@@H]1O. The molecule has 0 amide bonds. The highest BCUT2D eigenvalue weighted by atomic mass is 16.5. The van der Waals surface area contributed by atoms with E-state index in [0.29, 0.717) is 25.7 Å². The molecule has 5 atom stereocenters. The molecule has 0 aromatic carbocycles. The van der Waals surface area contributed by atoms with Crippen LogP contribution in [0.5, 0.6) is 0 Å². The van der Waals surface area contributed by atoms with Gasteiger partial charge in [-0.3, -0.25) is 4.79 Å². The quantitative estimate of drug-likeness (QED) is 0.293. The third kappa shape index (κ3) is 9.48. The minimum Gasteiger partial charge on any atom is -0.481 e. The van der Waals surface area contributed by atoms with Crippen molar-refractivity contribution in [2.45, 2.75) is 95.2 Å². The van der Waals surface area contributed by atoms with Gasteiger partial charge in [-0.2, -0.15) is 0 Å². The van der Waals surface area contributed by atoms with Gasteiger partial charge in [-0.25, -0.2) is 0 Å². The monoisotopic (exact) mass is 370 g/mol. The van der Waals surface area contributed by atoms with Crippen molar-refractivity contribution in [2.24, 2.45) is 0 Å². The Kier molecular flexibility index (Phi) is 11.4. The minimum atomic E-state index is -0.852. The average molecular weight is 370 g/mol. The molecule has 1 saturated heterocycles. The molecule has 6 nitrogen and oxygen atoms in total. The van der Waals surface area contributed by atoms with Gasteiger partial charge in [0.15, 0.2) is 0 Å². The van der Waals surface area contributed by atoms with Crippen molar-refractivity contribution in [3.63, 3.8) is 0 Å². The Morgan fingerprint density at radius 2 is 1.96 bits per heavy atom. The number of aliphatic hydroxyl groups is 3. The lowest BCUT2D eigenvalue weighted by Crippen LogP contribution is -2.25. The van der Waals surface area contributed by atoms with Gasteiger partial charge in [0.2, 0.25) is 0 Å². The van der Waals surface area contributed by atoms with Crippen LogP contribution in [0.4, 0.5) is 0 Å². The summed E-state index contributed by atoms with van der Waals surface area (Å²) in [6.45, 7) is 2.12. The maximum absolute atomic E-state index is 10.4. The molecule has 1 heterocycles. The number of hydrogen-bond donors (Lipinski definition) is 4. The highest BCUT2D eigenvalue weighted by Gasteiger charge is 2.36. The number of carboxylic acid groups (broad SMARTS) is 1. The molecule has 1 aliphatic rings. The first kappa shape index (κ1) is 22.8. The molecule has 1 aliphatic heterocycles. The molecule has 0 aromatic rings. The van der Waals surface area contributed by atoms with Crippen molar-refractivity contribution in [2.75, 3.05) is 0 Å². The number of unbranched alkanes of at least 4 members (excludes halogenated alkanes) is 3. The number of rotatable bonds is 13. The molecule has 26 heavy (non-hydrogen) atoms. The number of carbonyl (C=O) groups is 1. The van der Waals surface area contributed by atoms with Crippen LogP contribution < -0.4 is 0 Å². The van der Waals surface area contributed by atoms with Gasteiger partial charge in [0.1, 0.15) is 0 Å². The number of allylic oxidation sites excluding steroid dienone is 1. The summed E-state index contributed by atoms with van der Waals surface area (Å²) in [6.07, 6.45) is 10.2. The van der Waals surface area contributed by atoms with E-state index in [1.54, 1.807) is 0 Å². The Hall–Kier alpha value is -1.21. The molecule has 0 spiro atoms. The number of ether oxygens (including phenoxy) is 1. The largest absolute Gasteiger partial charge is 0.481 e. The predicted octanol–water partition coefficient (Wildman–Crippen LogP) is 2.56. The van der Waals surface area contributed by atoms with Crippen LogP contribution in [0.15, 0.2) is 24.3 Å². The van der Waals surface area contributed by atoms with Crippen molar-refractivity contribution >= 4 is 5.97 Å². The maximum atomic E-state index is 10.4. The first-order chi connectivity index (χ1) is 12.4. The van der Waals surface area contributed by atoms with E-state index in [1.807, 2.05) is 12.2 Å². The highest BCUT2D eigenvalue weighted by molar-refractivity contribution is 5.66. The van der Waals surface area contributed by atoms with E-state index in [4.69, 9.17) is 9.84 Å². The minimum absolute atomic E-state index is 0.145. The molecule has 6 heteroatoms. The van der Waals surface area contributed by atoms with Crippen molar-refractivity contribution < 1.29 is 30.0 Å². The van der Waals surface area contributed by atoms with Crippen molar-refractivity contribution in [3.8, 4) is 0 Å². The van der Waals surface area contributed by atoms with E-state index in [9.17, 15) is 20.1 Å². The molecule has 4 N–H and O–H groups in total. The zero-order valence-electron chi connectivity index (χ0n) is 15.7. The summed E-state index contributed by atoms with van der Waals surface area (Å²) in [4.78, 5) is 10.4. The highest BCUT2D eigenvalue weighted by Crippen LogP contribution is 2.27. The summed E-state index contributed by atoms with van der Waals surface area (Å²) in [5, 5.41) is 38.7. The van der Waals surface area contributed by atoms with Crippen LogP contribution in [-0.2, 0) is 9.53 Å². The van der Waals surface area contributed by atoms with Gasteiger partial charge in [0.25, 0.3) is 0 Å². The summed E-state index contributed by atoms with van der Waals surface area (Å²) in [5.74, 6) is -0.804. The fourth-order valence-corrected chi connectivity index (χ4v) is 3.01. The van der Waals surface area contributed by atoms with Gasteiger partial charge in [-0.15, -0.1) is 0 Å². The Balaban J connectivity index is 2.27. The average Bonchev–Trinajstić information content (AvgIpc) is 2.97. The van der Waals surface area contributed by atoms with Crippen LogP contribution in [-0.4, -0.2) is 56.9 Å². The number of hydrogen-bond acceptors (Lipinski definition) is 5. The van der Waals surface area contributed by atoms with E-state index in [2.05, 4.69) is 6.92 Å². The lowest BCUT2D eigenvalue weighted by Gasteiger charge is -2.17. The zero-order valence-corrected chi connectivity index (χ0v) is 15.7. The topological polar surface area (TPSA) is 107 Å². The standard InChI is InChI=1S/C20H34O6/c1-2-3-6-10-18-17(23)14-19(26-18)16(22)13-12-15(21)9-7-4-5-8-11-20(24)25/h4,7,12-13,15-19,21-23H,2-3,5-6,8-11,14H2,1H3,(H,24,25)/b7-4-,13-12-/t15-,16+,17-,18+,19+/m0/s1. The summed E-state index contributed by atoms with van der Waals surface area (Å²) >= 11 is 0. The Labute approximate surface area is 156 Å². The van der Waals surface area contributed by atoms with Gasteiger partial charge in [0.05, 0.1) is 30.5 Å². The second-order valence-corrected chi connectivity index (χ2v) is 6.95. The smallest absolute Gasteiger partial charge is 0.303 e. The third-order valence-electron chi connectivity index (χ3n) is 4.56. The summed E-state index contributed by atoms with van der Waals surface area (Å²) in [6, 6.07) is 0. The van der Waals surface area contributed by atoms with E-state index in [1.165, 1.54) is 12.2 Å². The Morgan fingerprint density at radius 3 is 2.65 bits per heavy atom. The second kappa shape index (κ2) is 13.0. The van der Waals surface area contributed by atoms with Gasteiger partial charge in [0, 0.05) is 12.8 Å². The number of aliphatic carboxylic acids is 1. The summed E-state index contributed by atoms with van der Waals surface area (Å²) < 4.78 is 5.76. The van der Waals surface area contributed by atoms with Crippen LogP contribution >= 0.6 is 0 Å². The molecular weight excluding hydrogens is 336 g/mol. The molecule has 0 unspecified atom stereocenters. The van der Waals surface area contributed by atoms with Gasteiger partial charge < -0.3 is 25.2 Å². The first-order valence-corrected chi connectivity index (χ1v) is 9.68. The molecule has 0 radical (unpaired) electrons. The lowest BCUT2D eigenvalue weighted by atomic mass is 10.0.